The summed E-state index contributed by atoms with van der Waals surface area (Å²) in [6.45, 7) is 2.39. The fourth-order valence-corrected chi connectivity index (χ4v) is 3.16. The van der Waals surface area contributed by atoms with Crippen molar-refractivity contribution in [2.45, 2.75) is 18.4 Å². The van der Waals surface area contributed by atoms with E-state index in [0.29, 0.717) is 0 Å². The van der Waals surface area contributed by atoms with E-state index in [-0.39, 0.29) is 5.54 Å². The Hall–Kier alpha value is -0.380. The zero-order valence-electron chi connectivity index (χ0n) is 8.92. The Kier molecular flexibility index (Phi) is 2.91. The van der Waals surface area contributed by atoms with Gasteiger partial charge in [-0.3, -0.25) is 0 Å². The predicted octanol–water partition coefficient (Wildman–Crippen LogP) is 1.89. The first-order valence-electron chi connectivity index (χ1n) is 5.18. The average molecular weight is 210 g/mol. The topological polar surface area (TPSA) is 15.3 Å². The standard InChI is InChI=1S/C11H18N2S/c1-12-11(10-4-3-9-14-10)5-7-13(2)8-6-11/h3-4,9,12H,5-8H2,1-2H3. The van der Waals surface area contributed by atoms with Gasteiger partial charge in [0.25, 0.3) is 0 Å². The number of nitrogens with one attached hydrogen (secondary N) is 1. The minimum Gasteiger partial charge on any atom is -0.310 e. The van der Waals surface area contributed by atoms with Gasteiger partial charge in [0.15, 0.2) is 0 Å². The van der Waals surface area contributed by atoms with Gasteiger partial charge in [-0.15, -0.1) is 11.3 Å². The maximum Gasteiger partial charge on any atom is 0.0550 e. The molecule has 0 atom stereocenters. The smallest absolute Gasteiger partial charge is 0.0550 e. The normalized spacial score (nSPS) is 22.4. The van der Waals surface area contributed by atoms with Gasteiger partial charge in [0.1, 0.15) is 0 Å². The summed E-state index contributed by atoms with van der Waals surface area (Å²) < 4.78 is 0. The van der Waals surface area contributed by atoms with Crippen LogP contribution >= 0.6 is 11.3 Å². The summed E-state index contributed by atoms with van der Waals surface area (Å²) in [6, 6.07) is 4.41. The molecule has 0 bridgehead atoms. The molecular formula is C11H18N2S. The lowest BCUT2D eigenvalue weighted by Crippen LogP contribution is -2.48. The predicted molar refractivity (Wildman–Crippen MR) is 61.8 cm³/mol. The summed E-state index contributed by atoms with van der Waals surface area (Å²) in [5, 5.41) is 5.70. The highest BCUT2D eigenvalue weighted by molar-refractivity contribution is 7.10. The minimum absolute atomic E-state index is 0.251. The Bertz CT molecular complexity index is 273. The molecule has 1 aromatic heterocycles. The second kappa shape index (κ2) is 4.01. The Morgan fingerprint density at radius 3 is 2.64 bits per heavy atom. The Balaban J connectivity index is 2.19. The molecule has 0 aromatic carbocycles. The van der Waals surface area contributed by atoms with E-state index in [4.69, 9.17) is 0 Å². The first-order valence-corrected chi connectivity index (χ1v) is 6.06. The Labute approximate surface area is 89.9 Å². The van der Waals surface area contributed by atoms with Crippen LogP contribution < -0.4 is 5.32 Å². The van der Waals surface area contributed by atoms with Crippen LogP contribution in [0.3, 0.4) is 0 Å². The molecule has 1 aliphatic heterocycles. The molecular weight excluding hydrogens is 192 g/mol. The van der Waals surface area contributed by atoms with E-state index >= 15 is 0 Å². The van der Waals surface area contributed by atoms with Crippen molar-refractivity contribution in [2.75, 3.05) is 27.2 Å². The van der Waals surface area contributed by atoms with Crippen molar-refractivity contribution >= 4 is 11.3 Å². The molecule has 2 nitrogen and oxygen atoms in total. The molecule has 2 heterocycles. The fourth-order valence-electron chi connectivity index (χ4n) is 2.17. The van der Waals surface area contributed by atoms with E-state index in [9.17, 15) is 0 Å². The zero-order chi connectivity index (χ0) is 10.0. The van der Waals surface area contributed by atoms with Gasteiger partial charge in [0.2, 0.25) is 0 Å². The summed E-state index contributed by atoms with van der Waals surface area (Å²) in [4.78, 5) is 3.90. The number of likely N-dealkylation sites (tertiary alicyclic amines) is 1. The lowest BCUT2D eigenvalue weighted by molar-refractivity contribution is 0.167. The number of piperidine rings is 1. The van der Waals surface area contributed by atoms with Gasteiger partial charge >= 0.3 is 0 Å². The average Bonchev–Trinajstić information content (AvgIpc) is 2.73. The second-order valence-corrected chi connectivity index (χ2v) is 5.06. The van der Waals surface area contributed by atoms with Crippen LogP contribution in [0, 0.1) is 0 Å². The SMILES string of the molecule is CNC1(c2cccs2)CCN(C)CC1. The monoisotopic (exact) mass is 210 g/mol. The number of hydrogen-bond donors (Lipinski definition) is 1. The van der Waals surface area contributed by atoms with Crippen molar-refractivity contribution in [3.8, 4) is 0 Å². The number of nitrogens with zero attached hydrogens (tertiary/aromatic N) is 1. The van der Waals surface area contributed by atoms with Crippen molar-refractivity contribution in [3.63, 3.8) is 0 Å². The number of hydrogen-bond acceptors (Lipinski definition) is 3. The summed E-state index contributed by atoms with van der Waals surface area (Å²) in [6.07, 6.45) is 2.45. The van der Waals surface area contributed by atoms with E-state index in [1.807, 2.05) is 11.3 Å². The van der Waals surface area contributed by atoms with Gasteiger partial charge < -0.3 is 10.2 Å². The van der Waals surface area contributed by atoms with Crippen molar-refractivity contribution in [1.29, 1.82) is 0 Å². The fraction of sp³-hybridized carbons (Fsp3) is 0.636. The first kappa shape index (κ1) is 10.1. The third kappa shape index (κ3) is 1.72. The van der Waals surface area contributed by atoms with Gasteiger partial charge in [-0.05, 0) is 51.5 Å². The number of thiophene rings is 1. The highest BCUT2D eigenvalue weighted by Crippen LogP contribution is 2.34. The van der Waals surface area contributed by atoms with Gasteiger partial charge in [-0.25, -0.2) is 0 Å². The summed E-state index contributed by atoms with van der Waals surface area (Å²) in [5.41, 5.74) is 0.251. The quantitative estimate of drug-likeness (QED) is 0.802. The molecule has 0 amide bonds. The summed E-state index contributed by atoms with van der Waals surface area (Å²) >= 11 is 1.87. The molecule has 0 unspecified atom stereocenters. The Morgan fingerprint density at radius 2 is 2.14 bits per heavy atom. The second-order valence-electron chi connectivity index (χ2n) is 4.11. The molecule has 0 aliphatic carbocycles. The van der Waals surface area contributed by atoms with Crippen molar-refractivity contribution < 1.29 is 0 Å². The van der Waals surface area contributed by atoms with Crippen LogP contribution in [0.2, 0.25) is 0 Å². The van der Waals surface area contributed by atoms with Crippen LogP contribution in [0.25, 0.3) is 0 Å². The molecule has 0 radical (unpaired) electrons. The minimum atomic E-state index is 0.251. The third-order valence-corrected chi connectivity index (χ3v) is 4.39. The lowest BCUT2D eigenvalue weighted by Gasteiger charge is -2.40. The summed E-state index contributed by atoms with van der Waals surface area (Å²) in [7, 11) is 4.29. The molecule has 1 aliphatic rings. The molecule has 1 saturated heterocycles. The largest absolute Gasteiger partial charge is 0.310 e. The van der Waals surface area contributed by atoms with Crippen molar-refractivity contribution in [2.24, 2.45) is 0 Å². The maximum absolute atomic E-state index is 3.52. The maximum atomic E-state index is 3.52. The van der Waals surface area contributed by atoms with Crippen molar-refractivity contribution in [1.82, 2.24) is 10.2 Å². The van der Waals surface area contributed by atoms with E-state index < -0.39 is 0 Å². The molecule has 1 fully saturated rings. The van der Waals surface area contributed by atoms with Gasteiger partial charge in [-0.1, -0.05) is 6.07 Å². The highest BCUT2D eigenvalue weighted by Gasteiger charge is 2.34. The van der Waals surface area contributed by atoms with Crippen LogP contribution in [0.15, 0.2) is 17.5 Å². The van der Waals surface area contributed by atoms with Crippen LogP contribution in [0.1, 0.15) is 17.7 Å². The van der Waals surface area contributed by atoms with E-state index in [1.165, 1.54) is 30.8 Å². The first-order chi connectivity index (χ1) is 6.77. The van der Waals surface area contributed by atoms with E-state index in [0.717, 1.165) is 0 Å². The highest BCUT2D eigenvalue weighted by atomic mass is 32.1. The number of rotatable bonds is 2. The molecule has 78 valence electrons. The zero-order valence-corrected chi connectivity index (χ0v) is 9.73. The Morgan fingerprint density at radius 1 is 1.43 bits per heavy atom. The summed E-state index contributed by atoms with van der Waals surface area (Å²) in [5.74, 6) is 0. The van der Waals surface area contributed by atoms with Gasteiger partial charge in [0, 0.05) is 4.88 Å². The molecule has 2 rings (SSSR count). The lowest BCUT2D eigenvalue weighted by atomic mass is 9.86. The third-order valence-electron chi connectivity index (χ3n) is 3.31. The molecule has 0 spiro atoms. The van der Waals surface area contributed by atoms with E-state index in [1.54, 1.807) is 0 Å². The molecule has 14 heavy (non-hydrogen) atoms. The van der Waals surface area contributed by atoms with Crippen molar-refractivity contribution in [3.05, 3.63) is 22.4 Å². The molecule has 1 aromatic rings. The molecule has 1 N–H and O–H groups in total. The van der Waals surface area contributed by atoms with Crippen LogP contribution in [0.5, 0.6) is 0 Å². The van der Waals surface area contributed by atoms with Crippen LogP contribution in [-0.4, -0.2) is 32.1 Å². The molecule has 3 heteroatoms. The van der Waals surface area contributed by atoms with Gasteiger partial charge in [-0.2, -0.15) is 0 Å². The molecule has 0 saturated carbocycles. The van der Waals surface area contributed by atoms with Gasteiger partial charge in [0.05, 0.1) is 5.54 Å². The van der Waals surface area contributed by atoms with E-state index in [2.05, 4.69) is 41.8 Å². The van der Waals surface area contributed by atoms with Crippen LogP contribution in [-0.2, 0) is 5.54 Å². The van der Waals surface area contributed by atoms with Crippen LogP contribution in [0.4, 0.5) is 0 Å².